The Morgan fingerprint density at radius 1 is 1.03 bits per heavy atom. The molecule has 0 spiro atoms. The van der Waals surface area contributed by atoms with Gasteiger partial charge in [-0.3, -0.25) is 14.5 Å². The number of rotatable bonds is 6. The summed E-state index contributed by atoms with van der Waals surface area (Å²) in [5.41, 5.74) is 1.48. The average Bonchev–Trinajstić information content (AvgIpc) is 2.75. The monoisotopic (exact) mass is 422 g/mol. The van der Waals surface area contributed by atoms with Gasteiger partial charge >= 0.3 is 5.97 Å². The van der Waals surface area contributed by atoms with Crippen LogP contribution in [0.1, 0.15) is 46.1 Å². The predicted molar refractivity (Wildman–Crippen MR) is 124 cm³/mol. The van der Waals surface area contributed by atoms with Crippen LogP contribution in [0.3, 0.4) is 0 Å². The Kier molecular flexibility index (Phi) is 7.50. The molecule has 2 aromatic carbocycles. The first-order valence-corrected chi connectivity index (χ1v) is 11.1. The molecule has 0 radical (unpaired) electrons. The van der Waals surface area contributed by atoms with Crippen LogP contribution in [-0.2, 0) is 20.9 Å². The summed E-state index contributed by atoms with van der Waals surface area (Å²) >= 11 is 0. The van der Waals surface area contributed by atoms with Crippen LogP contribution >= 0.6 is 0 Å². The highest BCUT2D eigenvalue weighted by Crippen LogP contribution is 2.30. The third-order valence-electron chi connectivity index (χ3n) is 5.56. The van der Waals surface area contributed by atoms with Crippen molar-refractivity contribution in [2.24, 2.45) is 5.92 Å². The predicted octanol–water partition coefficient (Wildman–Crippen LogP) is 4.66. The molecule has 5 heteroatoms. The van der Waals surface area contributed by atoms with Crippen molar-refractivity contribution in [1.29, 1.82) is 0 Å². The highest BCUT2D eigenvalue weighted by atomic mass is 16.6. The third-order valence-corrected chi connectivity index (χ3v) is 5.56. The molecule has 31 heavy (non-hydrogen) atoms. The number of hydrogen-bond acceptors (Lipinski definition) is 4. The van der Waals surface area contributed by atoms with E-state index in [-0.39, 0.29) is 17.9 Å². The van der Waals surface area contributed by atoms with Crippen LogP contribution in [0.5, 0.6) is 0 Å². The summed E-state index contributed by atoms with van der Waals surface area (Å²) in [6.45, 7) is 9.68. The maximum atomic E-state index is 13.3. The van der Waals surface area contributed by atoms with Crippen molar-refractivity contribution >= 4 is 17.6 Å². The standard InChI is InChI=1S/C26H34N2O3/c1-5-24(29)28(21-14-10-7-11-15-21)23-16-17-27(18-20-12-8-6-9-13-20)19-22(23)25(30)31-26(2,3)4/h6-15,22-23H,5,16-19H2,1-4H3. The number of anilines is 1. The zero-order chi connectivity index (χ0) is 22.4. The Labute approximate surface area is 186 Å². The first-order chi connectivity index (χ1) is 14.8. The second kappa shape index (κ2) is 10.1. The van der Waals surface area contributed by atoms with Gasteiger partial charge in [0.25, 0.3) is 0 Å². The van der Waals surface area contributed by atoms with Crippen LogP contribution in [0.2, 0.25) is 0 Å². The lowest BCUT2D eigenvalue weighted by atomic mass is 9.89. The first kappa shape index (κ1) is 23.0. The lowest BCUT2D eigenvalue weighted by molar-refractivity contribution is -0.162. The number of piperidine rings is 1. The zero-order valence-corrected chi connectivity index (χ0v) is 19.1. The first-order valence-electron chi connectivity index (χ1n) is 11.1. The van der Waals surface area contributed by atoms with Gasteiger partial charge in [-0.05, 0) is 44.9 Å². The van der Waals surface area contributed by atoms with Crippen LogP contribution in [0, 0.1) is 5.92 Å². The van der Waals surface area contributed by atoms with E-state index < -0.39 is 11.5 Å². The van der Waals surface area contributed by atoms with Crippen LogP contribution in [0.15, 0.2) is 60.7 Å². The number of para-hydroxylation sites is 1. The molecule has 1 amide bonds. The van der Waals surface area contributed by atoms with Crippen molar-refractivity contribution in [3.05, 3.63) is 66.2 Å². The van der Waals surface area contributed by atoms with Crippen LogP contribution in [0.4, 0.5) is 5.69 Å². The molecule has 0 N–H and O–H groups in total. The summed E-state index contributed by atoms with van der Waals surface area (Å²) in [5, 5.41) is 0. The number of amides is 1. The van der Waals surface area contributed by atoms with E-state index in [1.807, 2.05) is 81.1 Å². The lowest BCUT2D eigenvalue weighted by Crippen LogP contribution is -2.56. The van der Waals surface area contributed by atoms with Crippen molar-refractivity contribution in [3.63, 3.8) is 0 Å². The van der Waals surface area contributed by atoms with E-state index in [0.29, 0.717) is 13.0 Å². The van der Waals surface area contributed by atoms with Crippen LogP contribution < -0.4 is 4.90 Å². The molecule has 2 atom stereocenters. The van der Waals surface area contributed by atoms with Gasteiger partial charge in [0.2, 0.25) is 5.91 Å². The topological polar surface area (TPSA) is 49.9 Å². The fourth-order valence-corrected chi connectivity index (χ4v) is 4.19. The molecule has 1 aliphatic rings. The number of nitrogens with zero attached hydrogens (tertiary/aromatic N) is 2. The second-order valence-electron chi connectivity index (χ2n) is 9.17. The largest absolute Gasteiger partial charge is 0.460 e. The Morgan fingerprint density at radius 2 is 1.65 bits per heavy atom. The highest BCUT2D eigenvalue weighted by Gasteiger charge is 2.41. The van der Waals surface area contributed by atoms with Gasteiger partial charge in [-0.15, -0.1) is 0 Å². The smallest absolute Gasteiger partial charge is 0.312 e. The van der Waals surface area contributed by atoms with Crippen molar-refractivity contribution in [2.45, 2.75) is 58.7 Å². The highest BCUT2D eigenvalue weighted by molar-refractivity contribution is 5.94. The van der Waals surface area contributed by atoms with E-state index >= 15 is 0 Å². The summed E-state index contributed by atoms with van der Waals surface area (Å²) in [4.78, 5) is 30.4. The average molecular weight is 423 g/mol. The Hall–Kier alpha value is -2.66. The van der Waals surface area contributed by atoms with Crippen LogP contribution in [-0.4, -0.2) is 41.5 Å². The van der Waals surface area contributed by atoms with Gasteiger partial charge in [0.15, 0.2) is 0 Å². The van der Waals surface area contributed by atoms with Crippen molar-refractivity contribution in [1.82, 2.24) is 4.90 Å². The van der Waals surface area contributed by atoms with Gasteiger partial charge in [0, 0.05) is 31.7 Å². The number of carbonyl (C=O) groups excluding carboxylic acids is 2. The quantitative estimate of drug-likeness (QED) is 0.635. The molecule has 1 aliphatic heterocycles. The van der Waals surface area contributed by atoms with Crippen molar-refractivity contribution in [2.75, 3.05) is 18.0 Å². The fourth-order valence-electron chi connectivity index (χ4n) is 4.19. The minimum Gasteiger partial charge on any atom is -0.460 e. The number of carbonyl (C=O) groups is 2. The maximum Gasteiger partial charge on any atom is 0.312 e. The number of likely N-dealkylation sites (tertiary alicyclic amines) is 1. The molecule has 1 heterocycles. The van der Waals surface area contributed by atoms with E-state index in [1.165, 1.54) is 5.56 Å². The van der Waals surface area contributed by atoms with E-state index in [2.05, 4.69) is 17.0 Å². The normalized spacial score (nSPS) is 19.6. The summed E-state index contributed by atoms with van der Waals surface area (Å²) in [6, 6.07) is 19.7. The molecular weight excluding hydrogens is 388 g/mol. The molecule has 0 saturated carbocycles. The number of hydrogen-bond donors (Lipinski definition) is 0. The second-order valence-corrected chi connectivity index (χ2v) is 9.17. The van der Waals surface area contributed by atoms with Crippen molar-refractivity contribution in [3.8, 4) is 0 Å². The number of benzene rings is 2. The van der Waals surface area contributed by atoms with Gasteiger partial charge in [-0.2, -0.15) is 0 Å². The summed E-state index contributed by atoms with van der Waals surface area (Å²) in [7, 11) is 0. The molecule has 2 unspecified atom stereocenters. The van der Waals surface area contributed by atoms with Gasteiger partial charge in [0.1, 0.15) is 5.60 Å². The minimum absolute atomic E-state index is 0.0290. The molecule has 2 aromatic rings. The Bertz CT molecular complexity index is 861. The van der Waals surface area contributed by atoms with Crippen LogP contribution in [0.25, 0.3) is 0 Å². The molecule has 1 fully saturated rings. The molecule has 5 nitrogen and oxygen atoms in total. The summed E-state index contributed by atoms with van der Waals surface area (Å²) in [5.74, 6) is -0.617. The van der Waals surface area contributed by atoms with Gasteiger partial charge < -0.3 is 9.64 Å². The summed E-state index contributed by atoms with van der Waals surface area (Å²) in [6.07, 6.45) is 1.11. The number of esters is 1. The lowest BCUT2D eigenvalue weighted by Gasteiger charge is -2.43. The minimum atomic E-state index is -0.574. The zero-order valence-electron chi connectivity index (χ0n) is 19.1. The van der Waals surface area contributed by atoms with E-state index in [9.17, 15) is 9.59 Å². The molecule has 0 bridgehead atoms. The van der Waals surface area contributed by atoms with E-state index in [0.717, 1.165) is 25.2 Å². The molecule has 0 aliphatic carbocycles. The molecule has 166 valence electrons. The third kappa shape index (κ3) is 6.17. The fraction of sp³-hybridized carbons (Fsp3) is 0.462. The Morgan fingerprint density at radius 3 is 2.23 bits per heavy atom. The maximum absolute atomic E-state index is 13.3. The molecule has 0 aromatic heterocycles. The summed E-state index contributed by atoms with van der Waals surface area (Å²) < 4.78 is 5.80. The SMILES string of the molecule is CCC(=O)N(c1ccccc1)C1CCN(Cc2ccccc2)CC1C(=O)OC(C)(C)C. The van der Waals surface area contributed by atoms with Crippen molar-refractivity contribution < 1.29 is 14.3 Å². The Balaban J connectivity index is 1.89. The van der Waals surface area contributed by atoms with E-state index in [4.69, 9.17) is 4.74 Å². The van der Waals surface area contributed by atoms with Gasteiger partial charge in [-0.1, -0.05) is 55.5 Å². The van der Waals surface area contributed by atoms with Gasteiger partial charge in [-0.25, -0.2) is 0 Å². The molecule has 3 rings (SSSR count). The molecular formula is C26H34N2O3. The van der Waals surface area contributed by atoms with Gasteiger partial charge in [0.05, 0.1) is 12.0 Å². The van der Waals surface area contributed by atoms with E-state index in [1.54, 1.807) is 0 Å². The molecule has 1 saturated heterocycles. The number of ether oxygens (including phenoxy) is 1.